The van der Waals surface area contributed by atoms with Gasteiger partial charge in [0.05, 0.1) is 0 Å². The fourth-order valence-corrected chi connectivity index (χ4v) is 2.56. The highest BCUT2D eigenvalue weighted by molar-refractivity contribution is 5.98. The van der Waals surface area contributed by atoms with Crippen LogP contribution in [0.15, 0.2) is 55.0 Å². The Morgan fingerprint density at radius 1 is 1.11 bits per heavy atom. The number of primary amides is 1. The molecule has 2 aromatic heterocycles. The first-order chi connectivity index (χ1) is 13.4. The first-order valence-electron chi connectivity index (χ1n) is 8.39. The Kier molecular flexibility index (Phi) is 5.45. The molecule has 0 bridgehead atoms. The van der Waals surface area contributed by atoms with E-state index in [9.17, 15) is 9.59 Å². The number of anilines is 5. The lowest BCUT2D eigenvalue weighted by atomic mass is 10.2. The summed E-state index contributed by atoms with van der Waals surface area (Å²) in [6.07, 6.45) is 4.66. The van der Waals surface area contributed by atoms with Gasteiger partial charge in [0.25, 0.3) is 5.91 Å². The van der Waals surface area contributed by atoms with Gasteiger partial charge in [0.15, 0.2) is 5.82 Å². The SMILES string of the molecule is CC(=O)Nc1cccc(Nc2ncc(C(N)=O)c(N(C)c3ccncc3)n2)c1. The van der Waals surface area contributed by atoms with Gasteiger partial charge in [0, 0.05) is 49.6 Å². The molecule has 0 saturated heterocycles. The topological polar surface area (TPSA) is 126 Å². The second-order valence-corrected chi connectivity index (χ2v) is 5.95. The lowest BCUT2D eigenvalue weighted by Crippen LogP contribution is -2.21. The smallest absolute Gasteiger partial charge is 0.254 e. The van der Waals surface area contributed by atoms with E-state index < -0.39 is 5.91 Å². The predicted octanol–water partition coefficient (Wildman–Crippen LogP) is 2.44. The maximum absolute atomic E-state index is 11.8. The van der Waals surface area contributed by atoms with E-state index in [0.29, 0.717) is 17.2 Å². The Labute approximate surface area is 161 Å². The van der Waals surface area contributed by atoms with E-state index in [1.165, 1.54) is 13.1 Å². The minimum atomic E-state index is -0.630. The third-order valence-electron chi connectivity index (χ3n) is 3.84. The minimum Gasteiger partial charge on any atom is -0.365 e. The zero-order valence-corrected chi connectivity index (χ0v) is 15.4. The zero-order valence-electron chi connectivity index (χ0n) is 15.4. The van der Waals surface area contributed by atoms with Crippen molar-refractivity contribution < 1.29 is 9.59 Å². The maximum atomic E-state index is 11.8. The molecule has 0 saturated carbocycles. The monoisotopic (exact) mass is 377 g/mol. The van der Waals surface area contributed by atoms with Gasteiger partial charge in [0.2, 0.25) is 11.9 Å². The molecule has 3 aromatic rings. The molecule has 142 valence electrons. The van der Waals surface area contributed by atoms with Crippen LogP contribution in [0.5, 0.6) is 0 Å². The van der Waals surface area contributed by atoms with Gasteiger partial charge >= 0.3 is 0 Å². The molecule has 0 fully saturated rings. The molecule has 3 rings (SSSR count). The van der Waals surface area contributed by atoms with E-state index in [0.717, 1.165) is 5.69 Å². The third-order valence-corrected chi connectivity index (χ3v) is 3.84. The average molecular weight is 377 g/mol. The van der Waals surface area contributed by atoms with Gasteiger partial charge in [-0.05, 0) is 30.3 Å². The molecular weight excluding hydrogens is 358 g/mol. The lowest BCUT2D eigenvalue weighted by Gasteiger charge is -2.20. The highest BCUT2D eigenvalue weighted by Gasteiger charge is 2.17. The molecule has 0 aliphatic heterocycles. The summed E-state index contributed by atoms with van der Waals surface area (Å²) in [6.45, 7) is 1.44. The van der Waals surface area contributed by atoms with Gasteiger partial charge in [-0.2, -0.15) is 4.98 Å². The molecule has 0 atom stereocenters. The fourth-order valence-electron chi connectivity index (χ4n) is 2.56. The number of carbonyl (C=O) groups is 2. The number of nitrogens with zero attached hydrogens (tertiary/aromatic N) is 4. The van der Waals surface area contributed by atoms with Crippen molar-refractivity contribution in [1.82, 2.24) is 15.0 Å². The molecule has 0 aliphatic rings. The molecule has 2 heterocycles. The molecular formula is C19H19N7O2. The Morgan fingerprint density at radius 3 is 2.50 bits per heavy atom. The summed E-state index contributed by atoms with van der Waals surface area (Å²) in [4.78, 5) is 37.4. The molecule has 9 nitrogen and oxygen atoms in total. The zero-order chi connectivity index (χ0) is 20.1. The van der Waals surface area contributed by atoms with E-state index in [1.54, 1.807) is 54.7 Å². The Bertz CT molecular complexity index is 1010. The summed E-state index contributed by atoms with van der Waals surface area (Å²) in [5.74, 6) is -0.161. The maximum Gasteiger partial charge on any atom is 0.254 e. The summed E-state index contributed by atoms with van der Waals surface area (Å²) in [6, 6.07) is 10.7. The van der Waals surface area contributed by atoms with Crippen molar-refractivity contribution in [3.63, 3.8) is 0 Å². The molecule has 28 heavy (non-hydrogen) atoms. The highest BCUT2D eigenvalue weighted by Crippen LogP contribution is 2.26. The van der Waals surface area contributed by atoms with Crippen LogP contribution in [0.4, 0.5) is 28.8 Å². The lowest BCUT2D eigenvalue weighted by molar-refractivity contribution is -0.114. The van der Waals surface area contributed by atoms with Gasteiger partial charge in [-0.15, -0.1) is 0 Å². The van der Waals surface area contributed by atoms with Gasteiger partial charge < -0.3 is 21.3 Å². The van der Waals surface area contributed by atoms with Crippen LogP contribution in [0.25, 0.3) is 0 Å². The van der Waals surface area contributed by atoms with Crippen LogP contribution in [0.1, 0.15) is 17.3 Å². The molecule has 0 radical (unpaired) electrons. The summed E-state index contributed by atoms with van der Waals surface area (Å²) in [5.41, 5.74) is 7.77. The number of hydrogen-bond acceptors (Lipinski definition) is 7. The van der Waals surface area contributed by atoms with E-state index in [-0.39, 0.29) is 17.4 Å². The van der Waals surface area contributed by atoms with Crippen LogP contribution in [0.2, 0.25) is 0 Å². The average Bonchev–Trinajstić information content (AvgIpc) is 2.67. The molecule has 2 amide bonds. The highest BCUT2D eigenvalue weighted by atomic mass is 16.1. The summed E-state index contributed by atoms with van der Waals surface area (Å²) in [5, 5.41) is 5.78. The molecule has 0 aliphatic carbocycles. The van der Waals surface area contributed by atoms with Crippen molar-refractivity contribution in [3.8, 4) is 0 Å². The third kappa shape index (κ3) is 4.39. The fraction of sp³-hybridized carbons (Fsp3) is 0.105. The molecule has 0 unspecified atom stereocenters. The first-order valence-corrected chi connectivity index (χ1v) is 8.39. The van der Waals surface area contributed by atoms with Crippen molar-refractivity contribution in [2.75, 3.05) is 22.6 Å². The number of rotatable bonds is 6. The van der Waals surface area contributed by atoms with Crippen LogP contribution in [0.3, 0.4) is 0 Å². The Hall–Kier alpha value is -4.01. The van der Waals surface area contributed by atoms with Crippen LogP contribution < -0.4 is 21.3 Å². The minimum absolute atomic E-state index is 0.166. The second kappa shape index (κ2) is 8.12. The van der Waals surface area contributed by atoms with Gasteiger partial charge in [-0.3, -0.25) is 14.6 Å². The number of carbonyl (C=O) groups excluding carboxylic acids is 2. The van der Waals surface area contributed by atoms with Crippen LogP contribution >= 0.6 is 0 Å². The number of amides is 2. The van der Waals surface area contributed by atoms with Crippen molar-refractivity contribution in [1.29, 1.82) is 0 Å². The van der Waals surface area contributed by atoms with Crippen molar-refractivity contribution in [2.45, 2.75) is 6.92 Å². The summed E-state index contributed by atoms with van der Waals surface area (Å²) >= 11 is 0. The van der Waals surface area contributed by atoms with Crippen molar-refractivity contribution >= 4 is 40.6 Å². The van der Waals surface area contributed by atoms with Crippen LogP contribution in [0, 0.1) is 0 Å². The van der Waals surface area contributed by atoms with Gasteiger partial charge in [-0.1, -0.05) is 6.07 Å². The quantitative estimate of drug-likeness (QED) is 0.602. The first kappa shape index (κ1) is 18.8. The van der Waals surface area contributed by atoms with Gasteiger partial charge in [0.1, 0.15) is 5.56 Å². The number of hydrogen-bond donors (Lipinski definition) is 3. The van der Waals surface area contributed by atoms with E-state index in [1.807, 2.05) is 6.07 Å². The Balaban J connectivity index is 1.93. The largest absolute Gasteiger partial charge is 0.365 e. The van der Waals surface area contributed by atoms with Crippen LogP contribution in [-0.2, 0) is 4.79 Å². The van der Waals surface area contributed by atoms with E-state index in [2.05, 4.69) is 25.6 Å². The summed E-state index contributed by atoms with van der Waals surface area (Å²) < 4.78 is 0. The number of aromatic nitrogens is 3. The normalized spacial score (nSPS) is 10.2. The molecule has 4 N–H and O–H groups in total. The Morgan fingerprint density at radius 2 is 1.82 bits per heavy atom. The van der Waals surface area contributed by atoms with Gasteiger partial charge in [-0.25, -0.2) is 4.98 Å². The van der Waals surface area contributed by atoms with Crippen molar-refractivity contribution in [3.05, 3.63) is 60.6 Å². The second-order valence-electron chi connectivity index (χ2n) is 5.95. The van der Waals surface area contributed by atoms with Crippen LogP contribution in [-0.4, -0.2) is 33.8 Å². The molecule has 0 spiro atoms. The predicted molar refractivity (Wildman–Crippen MR) is 107 cm³/mol. The number of pyridine rings is 1. The number of nitrogens with two attached hydrogens (primary N) is 1. The van der Waals surface area contributed by atoms with E-state index in [4.69, 9.17) is 5.73 Å². The van der Waals surface area contributed by atoms with Crippen molar-refractivity contribution in [2.24, 2.45) is 5.73 Å². The standard InChI is InChI=1S/C19H19N7O2/c1-12(27)23-13-4-3-5-14(10-13)24-19-22-11-16(17(20)28)18(25-19)26(2)15-6-8-21-9-7-15/h3-11H,1-2H3,(H2,20,28)(H,23,27)(H,22,24,25). The van der Waals surface area contributed by atoms with E-state index >= 15 is 0 Å². The number of nitrogens with one attached hydrogen (secondary N) is 2. The summed E-state index contributed by atoms with van der Waals surface area (Å²) in [7, 11) is 1.77. The number of benzene rings is 1. The molecule has 9 heteroatoms. The molecule has 1 aromatic carbocycles.